The van der Waals surface area contributed by atoms with E-state index in [1.807, 2.05) is 38.1 Å². The van der Waals surface area contributed by atoms with Crippen LogP contribution in [0.5, 0.6) is 5.75 Å². The number of hydrogen-bond acceptors (Lipinski definition) is 3. The topological polar surface area (TPSA) is 49.3 Å². The van der Waals surface area contributed by atoms with Crippen molar-refractivity contribution in [1.82, 2.24) is 0 Å². The Morgan fingerprint density at radius 1 is 1.29 bits per heavy atom. The second kappa shape index (κ2) is 5.37. The number of hydrogen-bond donors (Lipinski definition) is 2. The number of rotatable bonds is 2. The molecule has 24 heavy (non-hydrogen) atoms. The number of ketones is 1. The lowest BCUT2D eigenvalue weighted by molar-refractivity contribution is -0.122. The number of nitrogens with one attached hydrogen (secondary N) is 1. The highest BCUT2D eigenvalue weighted by Gasteiger charge is 2.54. The first-order valence-corrected chi connectivity index (χ1v) is 8.53. The summed E-state index contributed by atoms with van der Waals surface area (Å²) < 4.78 is 9.35. The summed E-state index contributed by atoms with van der Waals surface area (Å²) in [7, 11) is 0. The zero-order valence-electron chi connectivity index (χ0n) is 15.1. The zero-order valence-corrected chi connectivity index (χ0v) is 14.1. The molecule has 1 heterocycles. The van der Waals surface area contributed by atoms with Crippen LogP contribution < -0.4 is 5.32 Å². The van der Waals surface area contributed by atoms with Crippen LogP contribution in [0.3, 0.4) is 0 Å². The van der Waals surface area contributed by atoms with Crippen molar-refractivity contribution in [3.8, 4) is 5.75 Å². The van der Waals surface area contributed by atoms with Crippen LogP contribution in [-0.2, 0) is 16.6 Å². The predicted molar refractivity (Wildman–Crippen MR) is 95.6 cm³/mol. The fourth-order valence-electron chi connectivity index (χ4n) is 4.49. The van der Waals surface area contributed by atoms with E-state index in [2.05, 4.69) is 5.32 Å². The SMILES string of the molecule is [2H]C1(Cc2c(C)cc(O)cc2C)CCC(=O)C12CNc1ccccc12. The third-order valence-electron chi connectivity index (χ3n) is 5.74. The standard InChI is InChI=1S/C21H23NO2/c1-13-9-16(23)10-14(2)17(13)11-15-7-8-20(24)21(15)12-22-19-6-4-3-5-18(19)21/h3-6,9-10,15,22-23H,7-8,11-12H2,1-2H3/i15D. The Morgan fingerprint density at radius 2 is 2.00 bits per heavy atom. The average Bonchev–Trinajstić information content (AvgIpc) is 3.07. The summed E-state index contributed by atoms with van der Waals surface area (Å²) in [5, 5.41) is 13.2. The van der Waals surface area contributed by atoms with Crippen LogP contribution in [0.25, 0.3) is 0 Å². The molecule has 3 nitrogen and oxygen atoms in total. The van der Waals surface area contributed by atoms with E-state index in [1.165, 1.54) is 0 Å². The number of carbonyl (C=O) groups excluding carboxylic acids is 1. The monoisotopic (exact) mass is 322 g/mol. The second-order valence-electron chi connectivity index (χ2n) is 7.07. The normalized spacial score (nSPS) is 28.8. The molecular weight excluding hydrogens is 298 g/mol. The van der Waals surface area contributed by atoms with Gasteiger partial charge in [0.05, 0.1) is 5.41 Å². The van der Waals surface area contributed by atoms with E-state index >= 15 is 0 Å². The van der Waals surface area contributed by atoms with Crippen molar-refractivity contribution in [3.63, 3.8) is 0 Å². The summed E-state index contributed by atoms with van der Waals surface area (Å²) in [5.74, 6) is -0.451. The number of anilines is 1. The van der Waals surface area contributed by atoms with Crippen LogP contribution >= 0.6 is 0 Å². The molecule has 3 heteroatoms. The van der Waals surface area contributed by atoms with Gasteiger partial charge in [-0.1, -0.05) is 18.2 Å². The minimum atomic E-state index is -0.879. The Bertz CT molecular complexity index is 855. The Morgan fingerprint density at radius 3 is 2.75 bits per heavy atom. The third kappa shape index (κ3) is 2.07. The van der Waals surface area contributed by atoms with Crippen molar-refractivity contribution in [2.24, 2.45) is 5.89 Å². The van der Waals surface area contributed by atoms with Crippen LogP contribution in [0, 0.1) is 19.7 Å². The molecule has 2 unspecified atom stereocenters. The molecule has 2 N–H and O–H groups in total. The number of para-hydroxylation sites is 1. The van der Waals surface area contributed by atoms with Gasteiger partial charge in [-0.2, -0.15) is 0 Å². The quantitative estimate of drug-likeness (QED) is 0.882. The number of aryl methyl sites for hydroxylation is 2. The summed E-state index contributed by atoms with van der Waals surface area (Å²) >= 11 is 0. The van der Waals surface area contributed by atoms with Gasteiger partial charge in [-0.05, 0) is 73.0 Å². The molecule has 2 atom stereocenters. The van der Waals surface area contributed by atoms with Crippen LogP contribution in [0.2, 0.25) is 0 Å². The zero-order chi connectivity index (χ0) is 17.8. The van der Waals surface area contributed by atoms with E-state index in [0.717, 1.165) is 27.9 Å². The fraction of sp³-hybridized carbons (Fsp3) is 0.381. The molecule has 2 aromatic rings. The van der Waals surface area contributed by atoms with Gasteiger partial charge in [-0.15, -0.1) is 0 Å². The molecular formula is C21H23NO2. The lowest BCUT2D eigenvalue weighted by Crippen LogP contribution is -2.40. The summed E-state index contributed by atoms with van der Waals surface area (Å²) in [6, 6.07) is 11.4. The van der Waals surface area contributed by atoms with E-state index in [1.54, 1.807) is 12.1 Å². The molecule has 1 fully saturated rings. The van der Waals surface area contributed by atoms with Crippen molar-refractivity contribution in [1.29, 1.82) is 0 Å². The third-order valence-corrected chi connectivity index (χ3v) is 5.74. The highest BCUT2D eigenvalue weighted by molar-refractivity contribution is 5.96. The summed E-state index contributed by atoms with van der Waals surface area (Å²) in [5.41, 5.74) is 4.22. The van der Waals surface area contributed by atoms with Crippen LogP contribution in [-0.4, -0.2) is 17.4 Å². The van der Waals surface area contributed by atoms with Gasteiger partial charge in [-0.3, -0.25) is 4.79 Å². The van der Waals surface area contributed by atoms with Crippen molar-refractivity contribution in [3.05, 3.63) is 58.7 Å². The van der Waals surface area contributed by atoms with Crippen molar-refractivity contribution >= 4 is 11.5 Å². The molecule has 1 saturated carbocycles. The number of aromatic hydroxyl groups is 1. The molecule has 1 aliphatic heterocycles. The highest BCUT2D eigenvalue weighted by Crippen LogP contribution is 2.50. The Kier molecular flexibility index (Phi) is 3.15. The van der Waals surface area contributed by atoms with Crippen molar-refractivity contribution in [2.75, 3.05) is 11.9 Å². The van der Waals surface area contributed by atoms with E-state index in [-0.39, 0.29) is 11.5 Å². The van der Waals surface area contributed by atoms with Gasteiger partial charge in [-0.25, -0.2) is 0 Å². The van der Waals surface area contributed by atoms with E-state index in [4.69, 9.17) is 0 Å². The van der Waals surface area contributed by atoms with Gasteiger partial charge in [0.25, 0.3) is 0 Å². The van der Waals surface area contributed by atoms with Crippen LogP contribution in [0.15, 0.2) is 36.4 Å². The number of phenols is 1. The van der Waals surface area contributed by atoms with Crippen LogP contribution in [0.4, 0.5) is 5.69 Å². The predicted octanol–water partition coefficient (Wildman–Crippen LogP) is 3.89. The smallest absolute Gasteiger partial charge is 0.145 e. The number of carbonyl (C=O) groups is 1. The van der Waals surface area contributed by atoms with Gasteiger partial charge in [0.15, 0.2) is 0 Å². The molecule has 2 aliphatic rings. The second-order valence-corrected chi connectivity index (χ2v) is 7.07. The number of benzene rings is 2. The highest BCUT2D eigenvalue weighted by atomic mass is 16.3. The largest absolute Gasteiger partial charge is 0.508 e. The molecule has 0 amide bonds. The number of phenolic OH excluding ortho intramolecular Hbond substituents is 1. The summed E-state index contributed by atoms with van der Waals surface area (Å²) in [6.07, 6.45) is 1.55. The Hall–Kier alpha value is -2.29. The van der Waals surface area contributed by atoms with E-state index in [0.29, 0.717) is 25.8 Å². The van der Waals surface area contributed by atoms with Crippen LogP contribution in [0.1, 0.15) is 36.5 Å². The maximum atomic E-state index is 13.0. The lowest BCUT2D eigenvalue weighted by atomic mass is 9.70. The maximum Gasteiger partial charge on any atom is 0.145 e. The summed E-state index contributed by atoms with van der Waals surface area (Å²) in [6.45, 7) is 4.44. The Labute approximate surface area is 144 Å². The first kappa shape index (κ1) is 14.1. The molecule has 0 saturated heterocycles. The van der Waals surface area contributed by atoms with E-state index in [9.17, 15) is 11.3 Å². The molecule has 1 spiro atoms. The molecule has 124 valence electrons. The van der Waals surface area contributed by atoms with E-state index < -0.39 is 11.3 Å². The minimum absolute atomic E-state index is 0.175. The van der Waals surface area contributed by atoms with Gasteiger partial charge >= 0.3 is 0 Å². The fourth-order valence-corrected chi connectivity index (χ4v) is 4.49. The maximum absolute atomic E-state index is 13.0. The Balaban J connectivity index is 1.83. The molecule has 2 aromatic carbocycles. The molecule has 0 bridgehead atoms. The van der Waals surface area contributed by atoms with Gasteiger partial charge in [0.2, 0.25) is 0 Å². The number of fused-ring (bicyclic) bond motifs is 2. The summed E-state index contributed by atoms with van der Waals surface area (Å²) in [4.78, 5) is 13.0. The first-order valence-electron chi connectivity index (χ1n) is 9.03. The molecule has 1 aliphatic carbocycles. The molecule has 0 aromatic heterocycles. The van der Waals surface area contributed by atoms with Crippen molar-refractivity contribution in [2.45, 2.75) is 38.5 Å². The average molecular weight is 322 g/mol. The first-order chi connectivity index (χ1) is 11.9. The number of Topliss-reactive ketones (excluding diaryl/α,β-unsaturated/α-hetero) is 1. The van der Waals surface area contributed by atoms with Crippen molar-refractivity contribution < 1.29 is 11.3 Å². The van der Waals surface area contributed by atoms with Gasteiger partial charge in [0, 0.05) is 20.0 Å². The minimum Gasteiger partial charge on any atom is -0.508 e. The molecule has 0 radical (unpaired) electrons. The van der Waals surface area contributed by atoms with Gasteiger partial charge < -0.3 is 10.4 Å². The van der Waals surface area contributed by atoms with Gasteiger partial charge in [0.1, 0.15) is 11.5 Å². The molecule has 4 rings (SSSR count). The lowest BCUT2D eigenvalue weighted by Gasteiger charge is -2.31.